The second-order valence-electron chi connectivity index (χ2n) is 8.78. The fourth-order valence-electron chi connectivity index (χ4n) is 3.81. The van der Waals surface area contributed by atoms with Crippen LogP contribution in [-0.2, 0) is 21.5 Å². The Balaban J connectivity index is 1.61. The van der Waals surface area contributed by atoms with E-state index < -0.39 is 0 Å². The number of para-hydroxylation sites is 2. The van der Waals surface area contributed by atoms with Crippen LogP contribution >= 0.6 is 0 Å². The van der Waals surface area contributed by atoms with Crippen molar-refractivity contribution in [2.45, 2.75) is 51.7 Å². The molecule has 2 heterocycles. The number of aromatic nitrogens is 2. The molecule has 1 atom stereocenters. The zero-order chi connectivity index (χ0) is 20.4. The van der Waals surface area contributed by atoms with E-state index >= 15 is 0 Å². The molecule has 0 spiro atoms. The van der Waals surface area contributed by atoms with Gasteiger partial charge in [-0.05, 0) is 36.0 Å². The average Bonchev–Trinajstić information content (AvgIpc) is 3.34. The van der Waals surface area contributed by atoms with Crippen molar-refractivity contribution >= 4 is 16.9 Å². The number of hydrogen-bond acceptors (Lipinski definition) is 3. The number of rotatable bonds is 5. The molecule has 1 aliphatic heterocycles. The Morgan fingerprint density at radius 2 is 1.93 bits per heavy atom. The van der Waals surface area contributed by atoms with Gasteiger partial charge >= 0.3 is 0 Å². The molecule has 0 bridgehead atoms. The molecule has 4 rings (SSSR count). The Morgan fingerprint density at radius 1 is 1.17 bits per heavy atom. The van der Waals surface area contributed by atoms with E-state index in [4.69, 9.17) is 9.72 Å². The first kappa shape index (κ1) is 19.6. The minimum atomic E-state index is -0.0174. The maximum Gasteiger partial charge on any atom is 0.240 e. The summed E-state index contributed by atoms with van der Waals surface area (Å²) in [6.45, 7) is 8.22. The van der Waals surface area contributed by atoms with Gasteiger partial charge in [-0.25, -0.2) is 4.98 Å². The SMILES string of the molecule is CC(C)(C)c1ccc(-c2nc3ccccc3n2CC(=O)NCC2CCCO2)cc1. The lowest BCUT2D eigenvalue weighted by molar-refractivity contribution is -0.122. The summed E-state index contributed by atoms with van der Waals surface area (Å²) in [7, 11) is 0. The van der Waals surface area contributed by atoms with Gasteiger partial charge in [0, 0.05) is 18.7 Å². The minimum Gasteiger partial charge on any atom is -0.376 e. The number of fused-ring (bicyclic) bond motifs is 1. The maximum absolute atomic E-state index is 12.7. The second-order valence-corrected chi connectivity index (χ2v) is 8.78. The fourth-order valence-corrected chi connectivity index (χ4v) is 3.81. The van der Waals surface area contributed by atoms with Crippen LogP contribution < -0.4 is 5.32 Å². The summed E-state index contributed by atoms with van der Waals surface area (Å²) in [6.07, 6.45) is 2.23. The number of carbonyl (C=O) groups excluding carboxylic acids is 1. The first-order valence-corrected chi connectivity index (χ1v) is 10.4. The topological polar surface area (TPSA) is 56.2 Å². The highest BCUT2D eigenvalue weighted by atomic mass is 16.5. The van der Waals surface area contributed by atoms with Crippen LogP contribution in [0, 0.1) is 0 Å². The van der Waals surface area contributed by atoms with Crippen molar-refractivity contribution in [2.75, 3.05) is 13.2 Å². The number of nitrogens with one attached hydrogen (secondary N) is 1. The van der Waals surface area contributed by atoms with Crippen molar-refractivity contribution < 1.29 is 9.53 Å². The average molecular weight is 392 g/mol. The Labute approximate surface area is 172 Å². The zero-order valence-corrected chi connectivity index (χ0v) is 17.4. The lowest BCUT2D eigenvalue weighted by atomic mass is 9.87. The molecule has 1 aliphatic rings. The molecule has 0 aliphatic carbocycles. The monoisotopic (exact) mass is 391 g/mol. The predicted octanol–water partition coefficient (Wildman–Crippen LogP) is 4.30. The molecule has 1 fully saturated rings. The molecule has 1 N–H and O–H groups in total. The Morgan fingerprint density at radius 3 is 2.62 bits per heavy atom. The third kappa shape index (κ3) is 4.35. The lowest BCUT2D eigenvalue weighted by Crippen LogP contribution is -2.34. The van der Waals surface area contributed by atoms with Crippen LogP contribution in [0.5, 0.6) is 0 Å². The van der Waals surface area contributed by atoms with Crippen LogP contribution in [0.25, 0.3) is 22.4 Å². The van der Waals surface area contributed by atoms with Crippen molar-refractivity contribution in [1.82, 2.24) is 14.9 Å². The number of amides is 1. The first-order valence-electron chi connectivity index (χ1n) is 10.4. The molecule has 1 unspecified atom stereocenters. The van der Waals surface area contributed by atoms with Gasteiger partial charge in [0.15, 0.2) is 0 Å². The lowest BCUT2D eigenvalue weighted by Gasteiger charge is -2.19. The number of imidazole rings is 1. The Kier molecular flexibility index (Phi) is 5.41. The molecule has 5 nitrogen and oxygen atoms in total. The van der Waals surface area contributed by atoms with E-state index in [0.29, 0.717) is 6.54 Å². The van der Waals surface area contributed by atoms with Crippen molar-refractivity contribution in [3.63, 3.8) is 0 Å². The third-order valence-corrected chi connectivity index (χ3v) is 5.52. The van der Waals surface area contributed by atoms with E-state index in [2.05, 4.69) is 50.4 Å². The van der Waals surface area contributed by atoms with Crippen LogP contribution in [0.4, 0.5) is 0 Å². The standard InChI is InChI=1S/C24H29N3O2/c1-24(2,3)18-12-10-17(11-13-18)23-26-20-8-4-5-9-21(20)27(23)16-22(28)25-15-19-7-6-14-29-19/h4-5,8-13,19H,6-7,14-16H2,1-3H3,(H,25,28). The van der Waals surface area contributed by atoms with E-state index in [1.165, 1.54) is 5.56 Å². The summed E-state index contributed by atoms with van der Waals surface area (Å²) in [4.78, 5) is 17.5. The first-order chi connectivity index (χ1) is 13.9. The summed E-state index contributed by atoms with van der Waals surface area (Å²) in [5, 5.41) is 3.02. The third-order valence-electron chi connectivity index (χ3n) is 5.52. The molecule has 29 heavy (non-hydrogen) atoms. The van der Waals surface area contributed by atoms with E-state index in [9.17, 15) is 4.79 Å². The van der Waals surface area contributed by atoms with Gasteiger partial charge in [0.05, 0.1) is 17.1 Å². The molecule has 1 amide bonds. The van der Waals surface area contributed by atoms with Gasteiger partial charge in [-0.3, -0.25) is 4.79 Å². The van der Waals surface area contributed by atoms with Crippen molar-refractivity contribution in [2.24, 2.45) is 0 Å². The number of benzene rings is 2. The quantitative estimate of drug-likeness (QED) is 0.706. The molecule has 0 saturated carbocycles. The minimum absolute atomic E-state index is 0.0174. The van der Waals surface area contributed by atoms with Gasteiger partial charge in [-0.15, -0.1) is 0 Å². The summed E-state index contributed by atoms with van der Waals surface area (Å²) in [5.41, 5.74) is 4.25. The van der Waals surface area contributed by atoms with Crippen LogP contribution in [0.1, 0.15) is 39.2 Å². The smallest absolute Gasteiger partial charge is 0.240 e. The number of nitrogens with zero attached hydrogens (tertiary/aromatic N) is 2. The Bertz CT molecular complexity index is 993. The summed E-state index contributed by atoms with van der Waals surface area (Å²) >= 11 is 0. The largest absolute Gasteiger partial charge is 0.376 e. The zero-order valence-electron chi connectivity index (χ0n) is 17.4. The van der Waals surface area contributed by atoms with Crippen molar-refractivity contribution in [3.8, 4) is 11.4 Å². The molecular weight excluding hydrogens is 362 g/mol. The highest BCUT2D eigenvalue weighted by Gasteiger charge is 2.19. The molecule has 3 aromatic rings. The van der Waals surface area contributed by atoms with Gasteiger partial charge < -0.3 is 14.6 Å². The number of hydrogen-bond donors (Lipinski definition) is 1. The maximum atomic E-state index is 12.7. The molecule has 5 heteroatoms. The van der Waals surface area contributed by atoms with Crippen LogP contribution in [0.15, 0.2) is 48.5 Å². The summed E-state index contributed by atoms with van der Waals surface area (Å²) in [6, 6.07) is 16.5. The normalized spacial score (nSPS) is 17.0. The van der Waals surface area contributed by atoms with Gasteiger partial charge in [0.1, 0.15) is 12.4 Å². The Hall–Kier alpha value is -2.66. The van der Waals surface area contributed by atoms with Crippen LogP contribution in [0.3, 0.4) is 0 Å². The molecule has 0 radical (unpaired) electrons. The van der Waals surface area contributed by atoms with Gasteiger partial charge in [0.25, 0.3) is 0 Å². The predicted molar refractivity (Wildman–Crippen MR) is 116 cm³/mol. The second kappa shape index (κ2) is 7.99. The van der Waals surface area contributed by atoms with E-state index in [1.54, 1.807) is 0 Å². The fraction of sp³-hybridized carbons (Fsp3) is 0.417. The number of carbonyl (C=O) groups is 1. The van der Waals surface area contributed by atoms with Gasteiger partial charge in [0.2, 0.25) is 5.91 Å². The van der Waals surface area contributed by atoms with E-state index in [-0.39, 0.29) is 24.0 Å². The molecule has 1 aromatic heterocycles. The highest BCUT2D eigenvalue weighted by Crippen LogP contribution is 2.28. The van der Waals surface area contributed by atoms with Crippen molar-refractivity contribution in [3.05, 3.63) is 54.1 Å². The molecule has 2 aromatic carbocycles. The molecule has 1 saturated heterocycles. The number of ether oxygens (including phenoxy) is 1. The molecular formula is C24H29N3O2. The van der Waals surface area contributed by atoms with Crippen LogP contribution in [-0.4, -0.2) is 34.7 Å². The van der Waals surface area contributed by atoms with E-state index in [0.717, 1.165) is 41.9 Å². The highest BCUT2D eigenvalue weighted by molar-refractivity contribution is 5.84. The summed E-state index contributed by atoms with van der Waals surface area (Å²) < 4.78 is 7.61. The molecule has 152 valence electrons. The van der Waals surface area contributed by atoms with Gasteiger partial charge in [-0.2, -0.15) is 0 Å². The van der Waals surface area contributed by atoms with Gasteiger partial charge in [-0.1, -0.05) is 57.2 Å². The van der Waals surface area contributed by atoms with Crippen molar-refractivity contribution in [1.29, 1.82) is 0 Å². The van der Waals surface area contributed by atoms with Crippen LogP contribution in [0.2, 0.25) is 0 Å². The summed E-state index contributed by atoms with van der Waals surface area (Å²) in [5.74, 6) is 0.801. The van der Waals surface area contributed by atoms with E-state index in [1.807, 2.05) is 28.8 Å².